The maximum Gasteiger partial charge on any atom is 0.251 e. The molecule has 0 bridgehead atoms. The summed E-state index contributed by atoms with van der Waals surface area (Å²) in [6, 6.07) is 7.01. The molecule has 8 heteroatoms. The number of rotatable bonds is 8. The van der Waals surface area contributed by atoms with E-state index in [9.17, 15) is 4.79 Å². The zero-order chi connectivity index (χ0) is 21.4. The first-order chi connectivity index (χ1) is 13.8. The van der Waals surface area contributed by atoms with E-state index in [4.69, 9.17) is 11.6 Å². The molecule has 0 aliphatic heterocycles. The number of nitrogens with zero attached hydrogens (tertiary/aromatic N) is 3. The SMILES string of the molecule is CCNC(=NCCNC(=O)c1ccc(Cl)cc1)NC(C)Cc1c(C)nn(C)c1C. The number of aliphatic imine (C=N–C) groups is 1. The first kappa shape index (κ1) is 22.7. The third-order valence-electron chi connectivity index (χ3n) is 4.67. The van der Waals surface area contributed by atoms with Crippen molar-refractivity contribution in [3.8, 4) is 0 Å². The topological polar surface area (TPSA) is 83.3 Å². The molecular weight excluding hydrogens is 388 g/mol. The number of guanidine groups is 1. The summed E-state index contributed by atoms with van der Waals surface area (Å²) in [4.78, 5) is 16.7. The molecule has 0 saturated carbocycles. The molecule has 1 heterocycles. The molecule has 2 rings (SSSR count). The molecule has 1 aromatic heterocycles. The van der Waals surface area contributed by atoms with Crippen LogP contribution in [0.3, 0.4) is 0 Å². The number of aromatic nitrogens is 2. The van der Waals surface area contributed by atoms with Crippen LogP contribution in [0.4, 0.5) is 0 Å². The van der Waals surface area contributed by atoms with E-state index in [2.05, 4.69) is 39.9 Å². The van der Waals surface area contributed by atoms with Crippen LogP contribution in [-0.4, -0.2) is 47.3 Å². The number of nitrogens with one attached hydrogen (secondary N) is 3. The third kappa shape index (κ3) is 6.78. The van der Waals surface area contributed by atoms with Crippen LogP contribution in [0.2, 0.25) is 5.02 Å². The Kier molecular flexibility index (Phi) is 8.51. The lowest BCUT2D eigenvalue weighted by Gasteiger charge is -2.18. The van der Waals surface area contributed by atoms with Gasteiger partial charge < -0.3 is 16.0 Å². The number of hydrogen-bond acceptors (Lipinski definition) is 3. The van der Waals surface area contributed by atoms with Crippen molar-refractivity contribution in [1.29, 1.82) is 0 Å². The van der Waals surface area contributed by atoms with Crippen LogP contribution >= 0.6 is 11.6 Å². The Bertz CT molecular complexity index is 844. The first-order valence-corrected chi connectivity index (χ1v) is 10.3. The first-order valence-electron chi connectivity index (χ1n) is 9.89. The highest BCUT2D eigenvalue weighted by molar-refractivity contribution is 6.30. The fourth-order valence-electron chi connectivity index (χ4n) is 3.06. The summed E-state index contributed by atoms with van der Waals surface area (Å²) in [5.41, 5.74) is 4.09. The van der Waals surface area contributed by atoms with Gasteiger partial charge in [-0.15, -0.1) is 0 Å². The predicted octanol–water partition coefficient (Wildman–Crippen LogP) is 2.61. The van der Waals surface area contributed by atoms with Crippen LogP contribution in [-0.2, 0) is 13.5 Å². The van der Waals surface area contributed by atoms with E-state index in [1.54, 1.807) is 24.3 Å². The highest BCUT2D eigenvalue weighted by atomic mass is 35.5. The second-order valence-corrected chi connectivity index (χ2v) is 7.48. The lowest BCUT2D eigenvalue weighted by Crippen LogP contribution is -2.43. The Balaban J connectivity index is 1.86. The average Bonchev–Trinajstić information content (AvgIpc) is 2.91. The molecule has 0 radical (unpaired) electrons. The molecule has 7 nitrogen and oxygen atoms in total. The third-order valence-corrected chi connectivity index (χ3v) is 4.92. The number of hydrogen-bond donors (Lipinski definition) is 3. The summed E-state index contributed by atoms with van der Waals surface area (Å²) < 4.78 is 1.92. The van der Waals surface area contributed by atoms with Gasteiger partial charge in [0.05, 0.1) is 12.2 Å². The molecule has 1 amide bonds. The Morgan fingerprint density at radius 2 is 1.93 bits per heavy atom. The van der Waals surface area contributed by atoms with Crippen molar-refractivity contribution in [3.63, 3.8) is 0 Å². The van der Waals surface area contributed by atoms with Crippen LogP contribution in [0.5, 0.6) is 0 Å². The van der Waals surface area contributed by atoms with E-state index in [1.165, 1.54) is 11.3 Å². The molecular formula is C21H31ClN6O. The zero-order valence-corrected chi connectivity index (χ0v) is 18.6. The number of benzene rings is 1. The highest BCUT2D eigenvalue weighted by Crippen LogP contribution is 2.14. The maximum atomic E-state index is 12.1. The number of halogens is 1. The van der Waals surface area contributed by atoms with Gasteiger partial charge in [-0.2, -0.15) is 5.10 Å². The molecule has 29 heavy (non-hydrogen) atoms. The lowest BCUT2D eigenvalue weighted by atomic mass is 10.1. The molecule has 0 saturated heterocycles. The van der Waals surface area contributed by atoms with Gasteiger partial charge in [-0.1, -0.05) is 11.6 Å². The van der Waals surface area contributed by atoms with Crippen molar-refractivity contribution in [2.45, 2.75) is 40.2 Å². The predicted molar refractivity (Wildman–Crippen MR) is 119 cm³/mol. The van der Waals surface area contributed by atoms with Gasteiger partial charge in [-0.25, -0.2) is 0 Å². The van der Waals surface area contributed by atoms with Gasteiger partial charge in [-0.3, -0.25) is 14.5 Å². The fraction of sp³-hybridized carbons (Fsp3) is 0.476. The second-order valence-electron chi connectivity index (χ2n) is 7.05. The van der Waals surface area contributed by atoms with Gasteiger partial charge in [-0.05, 0) is 63.9 Å². The molecule has 0 aliphatic rings. The van der Waals surface area contributed by atoms with Crippen molar-refractivity contribution in [2.24, 2.45) is 12.0 Å². The molecule has 1 aromatic carbocycles. The smallest absolute Gasteiger partial charge is 0.251 e. The molecule has 1 atom stereocenters. The van der Waals surface area contributed by atoms with Crippen molar-refractivity contribution in [3.05, 3.63) is 51.8 Å². The zero-order valence-electron chi connectivity index (χ0n) is 17.8. The van der Waals surface area contributed by atoms with Crippen LogP contribution < -0.4 is 16.0 Å². The summed E-state index contributed by atoms with van der Waals surface area (Å²) in [6.45, 7) is 9.98. The Morgan fingerprint density at radius 3 is 2.52 bits per heavy atom. The molecule has 158 valence electrons. The minimum absolute atomic E-state index is 0.134. The summed E-state index contributed by atoms with van der Waals surface area (Å²) in [5.74, 6) is 0.602. The number of amides is 1. The molecule has 0 aliphatic carbocycles. The van der Waals surface area contributed by atoms with Crippen LogP contribution in [0.15, 0.2) is 29.3 Å². The van der Waals surface area contributed by atoms with E-state index in [-0.39, 0.29) is 11.9 Å². The van der Waals surface area contributed by atoms with E-state index in [0.29, 0.717) is 23.7 Å². The van der Waals surface area contributed by atoms with E-state index in [1.807, 2.05) is 25.6 Å². The van der Waals surface area contributed by atoms with Crippen molar-refractivity contribution >= 4 is 23.5 Å². The van der Waals surface area contributed by atoms with Crippen molar-refractivity contribution in [1.82, 2.24) is 25.7 Å². The van der Waals surface area contributed by atoms with Gasteiger partial charge in [0.1, 0.15) is 0 Å². The average molecular weight is 419 g/mol. The van der Waals surface area contributed by atoms with Gasteiger partial charge in [0.15, 0.2) is 5.96 Å². The minimum Gasteiger partial charge on any atom is -0.357 e. The Morgan fingerprint density at radius 1 is 1.24 bits per heavy atom. The summed E-state index contributed by atoms with van der Waals surface area (Å²) in [6.07, 6.45) is 0.864. The number of carbonyl (C=O) groups is 1. The Labute approximate surface area is 177 Å². The summed E-state index contributed by atoms with van der Waals surface area (Å²) in [7, 11) is 1.97. The second kappa shape index (κ2) is 10.9. The quantitative estimate of drug-likeness (QED) is 0.349. The van der Waals surface area contributed by atoms with Gasteiger partial charge in [0.25, 0.3) is 5.91 Å². The summed E-state index contributed by atoms with van der Waals surface area (Å²) in [5, 5.41) is 14.6. The largest absolute Gasteiger partial charge is 0.357 e. The van der Waals surface area contributed by atoms with E-state index >= 15 is 0 Å². The molecule has 0 fully saturated rings. The van der Waals surface area contributed by atoms with E-state index < -0.39 is 0 Å². The summed E-state index contributed by atoms with van der Waals surface area (Å²) >= 11 is 5.85. The van der Waals surface area contributed by atoms with Crippen LogP contribution in [0, 0.1) is 13.8 Å². The van der Waals surface area contributed by atoms with Crippen LogP contribution in [0.25, 0.3) is 0 Å². The number of aryl methyl sites for hydroxylation is 2. The number of carbonyl (C=O) groups excluding carboxylic acids is 1. The van der Waals surface area contributed by atoms with Crippen molar-refractivity contribution in [2.75, 3.05) is 19.6 Å². The molecule has 0 spiro atoms. The van der Waals surface area contributed by atoms with Crippen molar-refractivity contribution < 1.29 is 4.79 Å². The minimum atomic E-state index is -0.134. The van der Waals surface area contributed by atoms with Gasteiger partial charge in [0.2, 0.25) is 0 Å². The lowest BCUT2D eigenvalue weighted by molar-refractivity contribution is 0.0955. The van der Waals surface area contributed by atoms with Crippen LogP contribution in [0.1, 0.15) is 41.2 Å². The molecule has 3 N–H and O–H groups in total. The van der Waals surface area contributed by atoms with Gasteiger partial charge in [0, 0.05) is 42.5 Å². The van der Waals surface area contributed by atoms with E-state index in [0.717, 1.165) is 24.6 Å². The molecule has 2 aromatic rings. The molecule has 1 unspecified atom stereocenters. The highest BCUT2D eigenvalue weighted by Gasteiger charge is 2.14. The maximum absolute atomic E-state index is 12.1. The normalized spacial score (nSPS) is 12.6. The monoisotopic (exact) mass is 418 g/mol. The van der Waals surface area contributed by atoms with Gasteiger partial charge >= 0.3 is 0 Å². The standard InChI is InChI=1S/C21H31ClN6O/c1-6-23-21(26-14(2)13-19-15(3)27-28(5)16(19)4)25-12-11-24-20(29)17-7-9-18(22)10-8-17/h7-10,14H,6,11-13H2,1-5H3,(H,24,29)(H2,23,25,26). The fourth-order valence-corrected chi connectivity index (χ4v) is 3.19. The Hall–Kier alpha value is -2.54.